The lowest BCUT2D eigenvalue weighted by Gasteiger charge is -2.03. The Bertz CT molecular complexity index is 1100. The number of ether oxygens (including phenoxy) is 1. The highest BCUT2D eigenvalue weighted by molar-refractivity contribution is 5.98. The summed E-state index contributed by atoms with van der Waals surface area (Å²) < 4.78 is 23.7. The van der Waals surface area contributed by atoms with Gasteiger partial charge in [0, 0.05) is 17.3 Å². The summed E-state index contributed by atoms with van der Waals surface area (Å²) in [5.74, 6) is 0.248. The Labute approximate surface area is 148 Å². The van der Waals surface area contributed by atoms with Gasteiger partial charge in [0.05, 0.1) is 12.6 Å². The van der Waals surface area contributed by atoms with E-state index in [1.165, 1.54) is 12.1 Å². The maximum atomic E-state index is 12.9. The molecule has 0 bridgehead atoms. The van der Waals surface area contributed by atoms with Crippen molar-refractivity contribution in [3.8, 4) is 5.75 Å². The molecule has 0 fully saturated rings. The molecule has 0 saturated carbocycles. The molecule has 2 aromatic carbocycles. The zero-order chi connectivity index (χ0) is 18.1. The first-order valence-electron chi connectivity index (χ1n) is 8.03. The van der Waals surface area contributed by atoms with Crippen LogP contribution in [-0.2, 0) is 6.54 Å². The van der Waals surface area contributed by atoms with Crippen molar-refractivity contribution in [1.82, 2.24) is 10.3 Å². The van der Waals surface area contributed by atoms with Gasteiger partial charge in [0.15, 0.2) is 5.76 Å². The van der Waals surface area contributed by atoms with Crippen molar-refractivity contribution in [2.45, 2.75) is 6.54 Å². The number of fused-ring (bicyclic) bond motifs is 2. The van der Waals surface area contributed by atoms with Crippen molar-refractivity contribution in [2.75, 3.05) is 7.11 Å². The van der Waals surface area contributed by atoms with Crippen molar-refractivity contribution in [2.24, 2.45) is 0 Å². The molecular weight excluding hydrogens is 335 g/mol. The molecule has 0 aliphatic rings. The number of carbonyl (C=O) groups excluding carboxylic acids is 1. The molecule has 0 atom stereocenters. The molecule has 6 heteroatoms. The number of halogens is 1. The fourth-order valence-corrected chi connectivity index (χ4v) is 2.72. The van der Waals surface area contributed by atoms with Crippen LogP contribution in [0.4, 0.5) is 4.39 Å². The molecule has 0 saturated heterocycles. The Morgan fingerprint density at radius 2 is 1.92 bits per heavy atom. The van der Waals surface area contributed by atoms with Gasteiger partial charge in [-0.1, -0.05) is 12.1 Å². The smallest absolute Gasteiger partial charge is 0.287 e. The Morgan fingerprint density at radius 3 is 2.69 bits per heavy atom. The maximum Gasteiger partial charge on any atom is 0.287 e. The lowest BCUT2D eigenvalue weighted by molar-refractivity contribution is 0.0925. The van der Waals surface area contributed by atoms with Crippen LogP contribution < -0.4 is 10.1 Å². The Morgan fingerprint density at radius 1 is 1.12 bits per heavy atom. The van der Waals surface area contributed by atoms with Gasteiger partial charge < -0.3 is 14.5 Å². The minimum Gasteiger partial charge on any atom is -0.497 e. The van der Waals surface area contributed by atoms with Crippen LogP contribution in [0, 0.1) is 5.82 Å². The molecule has 130 valence electrons. The number of amides is 1. The Balaban J connectivity index is 1.58. The maximum absolute atomic E-state index is 12.9. The molecule has 4 rings (SSSR count). The van der Waals surface area contributed by atoms with E-state index in [9.17, 15) is 9.18 Å². The molecule has 26 heavy (non-hydrogen) atoms. The molecule has 0 spiro atoms. The van der Waals surface area contributed by atoms with E-state index in [0.717, 1.165) is 27.6 Å². The Kier molecular flexibility index (Phi) is 4.01. The number of methoxy groups -OCH3 is 1. The predicted molar refractivity (Wildman–Crippen MR) is 95.6 cm³/mol. The van der Waals surface area contributed by atoms with E-state index in [1.807, 2.05) is 24.3 Å². The van der Waals surface area contributed by atoms with Gasteiger partial charge in [-0.25, -0.2) is 9.37 Å². The van der Waals surface area contributed by atoms with E-state index in [0.29, 0.717) is 5.71 Å². The van der Waals surface area contributed by atoms with Crippen molar-refractivity contribution in [1.29, 1.82) is 0 Å². The molecule has 1 N–H and O–H groups in total. The molecule has 0 aliphatic heterocycles. The van der Waals surface area contributed by atoms with Gasteiger partial charge in [-0.2, -0.15) is 0 Å². The van der Waals surface area contributed by atoms with E-state index in [1.54, 1.807) is 25.3 Å². The minimum absolute atomic E-state index is 0.178. The summed E-state index contributed by atoms with van der Waals surface area (Å²) in [7, 11) is 1.61. The highest BCUT2D eigenvalue weighted by Crippen LogP contribution is 2.25. The first-order chi connectivity index (χ1) is 12.6. The van der Waals surface area contributed by atoms with E-state index in [2.05, 4.69) is 10.3 Å². The quantitative estimate of drug-likeness (QED) is 0.603. The number of hydrogen-bond donors (Lipinski definition) is 1. The summed E-state index contributed by atoms with van der Waals surface area (Å²) in [6, 6.07) is 15.0. The number of hydrogen-bond acceptors (Lipinski definition) is 4. The number of carbonyl (C=O) groups is 1. The third-order valence-electron chi connectivity index (χ3n) is 4.10. The first-order valence-corrected chi connectivity index (χ1v) is 8.03. The topological polar surface area (TPSA) is 64.4 Å². The molecular formula is C20H15FN2O3. The first kappa shape index (κ1) is 16.1. The average molecular weight is 350 g/mol. The van der Waals surface area contributed by atoms with Gasteiger partial charge in [0.25, 0.3) is 5.91 Å². The SMILES string of the molecule is COc1ccc2nc3oc(C(=O)NCc4ccc(F)cc4)cc3cc2c1. The standard InChI is InChI=1S/C20H15FN2O3/c1-25-16-6-7-17-13(9-16)8-14-10-18(26-20(14)23-17)19(24)22-11-12-2-4-15(21)5-3-12/h2-10H,11H2,1H3,(H,22,24). The third-order valence-corrected chi connectivity index (χ3v) is 4.10. The molecule has 0 unspecified atom stereocenters. The molecule has 0 aliphatic carbocycles. The number of rotatable bonds is 4. The van der Waals surface area contributed by atoms with Crippen LogP contribution in [0.5, 0.6) is 5.75 Å². The van der Waals surface area contributed by atoms with E-state index in [-0.39, 0.29) is 24.0 Å². The summed E-state index contributed by atoms with van der Waals surface area (Å²) in [5, 5.41) is 4.39. The van der Waals surface area contributed by atoms with Crippen molar-refractivity contribution >= 4 is 27.9 Å². The van der Waals surface area contributed by atoms with E-state index >= 15 is 0 Å². The Hall–Kier alpha value is -3.41. The van der Waals surface area contributed by atoms with Gasteiger partial charge in [0.1, 0.15) is 11.6 Å². The predicted octanol–water partition coefficient (Wildman–Crippen LogP) is 4.06. The van der Waals surface area contributed by atoms with Crippen LogP contribution in [0.2, 0.25) is 0 Å². The van der Waals surface area contributed by atoms with Crippen LogP contribution in [0.15, 0.2) is 59.0 Å². The lowest BCUT2D eigenvalue weighted by Crippen LogP contribution is -2.22. The molecule has 2 aromatic heterocycles. The third kappa shape index (κ3) is 3.09. The molecule has 1 amide bonds. The van der Waals surface area contributed by atoms with E-state index < -0.39 is 0 Å². The van der Waals surface area contributed by atoms with Crippen LogP contribution in [-0.4, -0.2) is 18.0 Å². The van der Waals surface area contributed by atoms with Crippen LogP contribution in [0.1, 0.15) is 16.1 Å². The number of aromatic nitrogens is 1. The van der Waals surface area contributed by atoms with Crippen molar-refractivity contribution < 1.29 is 18.3 Å². The van der Waals surface area contributed by atoms with Gasteiger partial charge in [-0.15, -0.1) is 0 Å². The largest absolute Gasteiger partial charge is 0.497 e. The van der Waals surface area contributed by atoms with Gasteiger partial charge >= 0.3 is 0 Å². The normalized spacial score (nSPS) is 11.0. The van der Waals surface area contributed by atoms with Crippen LogP contribution in [0.3, 0.4) is 0 Å². The van der Waals surface area contributed by atoms with Crippen LogP contribution >= 0.6 is 0 Å². The number of nitrogens with one attached hydrogen (secondary N) is 1. The number of furan rings is 1. The number of pyridine rings is 1. The summed E-state index contributed by atoms with van der Waals surface area (Å²) in [6.45, 7) is 0.281. The summed E-state index contributed by atoms with van der Waals surface area (Å²) in [4.78, 5) is 16.8. The lowest BCUT2D eigenvalue weighted by atomic mass is 10.2. The summed E-state index contributed by atoms with van der Waals surface area (Å²) in [6.07, 6.45) is 0. The van der Waals surface area contributed by atoms with E-state index in [4.69, 9.17) is 9.15 Å². The van der Waals surface area contributed by atoms with Gasteiger partial charge in [0.2, 0.25) is 5.71 Å². The second-order valence-electron chi connectivity index (χ2n) is 5.86. The monoisotopic (exact) mass is 350 g/mol. The molecule has 4 aromatic rings. The zero-order valence-corrected chi connectivity index (χ0v) is 14.0. The van der Waals surface area contributed by atoms with Crippen molar-refractivity contribution in [3.63, 3.8) is 0 Å². The highest BCUT2D eigenvalue weighted by Gasteiger charge is 2.14. The second-order valence-corrected chi connectivity index (χ2v) is 5.86. The molecule has 0 radical (unpaired) electrons. The van der Waals surface area contributed by atoms with Gasteiger partial charge in [-0.05, 0) is 48.0 Å². The minimum atomic E-state index is -0.353. The number of benzene rings is 2. The fraction of sp³-hybridized carbons (Fsp3) is 0.100. The molecule has 2 heterocycles. The fourth-order valence-electron chi connectivity index (χ4n) is 2.72. The molecule has 5 nitrogen and oxygen atoms in total. The summed E-state index contributed by atoms with van der Waals surface area (Å²) in [5.41, 5.74) is 1.95. The highest BCUT2D eigenvalue weighted by atomic mass is 19.1. The zero-order valence-electron chi connectivity index (χ0n) is 14.0. The summed E-state index contributed by atoms with van der Waals surface area (Å²) >= 11 is 0. The second kappa shape index (κ2) is 6.48. The van der Waals surface area contributed by atoms with Gasteiger partial charge in [-0.3, -0.25) is 4.79 Å². The van der Waals surface area contributed by atoms with Crippen LogP contribution in [0.25, 0.3) is 22.0 Å². The number of nitrogens with zero attached hydrogens (tertiary/aromatic N) is 1. The van der Waals surface area contributed by atoms with Crippen molar-refractivity contribution in [3.05, 3.63) is 71.7 Å². The average Bonchev–Trinajstić information content (AvgIpc) is 3.08.